The first-order chi connectivity index (χ1) is 12.6. The molecule has 2 aromatic carbocycles. The molecule has 0 radical (unpaired) electrons. The number of aryl methyl sites for hydroxylation is 1. The SMILES string of the molecule is CCn1ccc(-c2cc(Cl)ccc2OC(C(=O)OC)c2ccccc2)n1. The van der Waals surface area contributed by atoms with Gasteiger partial charge in [0.05, 0.1) is 12.8 Å². The minimum atomic E-state index is -0.880. The first-order valence-electron chi connectivity index (χ1n) is 8.25. The molecule has 0 spiro atoms. The van der Waals surface area contributed by atoms with Crippen LogP contribution in [-0.2, 0) is 16.1 Å². The van der Waals surface area contributed by atoms with E-state index in [4.69, 9.17) is 21.1 Å². The lowest BCUT2D eigenvalue weighted by Gasteiger charge is -2.19. The zero-order valence-corrected chi connectivity index (χ0v) is 15.3. The predicted octanol–water partition coefficient (Wildman–Crippen LogP) is 4.52. The molecule has 6 heteroatoms. The van der Waals surface area contributed by atoms with Crippen LogP contribution in [0.4, 0.5) is 0 Å². The molecule has 3 rings (SSSR count). The second kappa shape index (κ2) is 8.06. The van der Waals surface area contributed by atoms with E-state index in [1.54, 1.807) is 18.2 Å². The fourth-order valence-electron chi connectivity index (χ4n) is 2.60. The van der Waals surface area contributed by atoms with Crippen LogP contribution < -0.4 is 4.74 Å². The van der Waals surface area contributed by atoms with Crippen molar-refractivity contribution >= 4 is 17.6 Å². The highest BCUT2D eigenvalue weighted by molar-refractivity contribution is 6.30. The second-order valence-electron chi connectivity index (χ2n) is 5.63. The molecule has 134 valence electrons. The highest BCUT2D eigenvalue weighted by atomic mass is 35.5. The average Bonchev–Trinajstić information content (AvgIpc) is 3.16. The molecule has 1 aromatic heterocycles. The van der Waals surface area contributed by atoms with Crippen molar-refractivity contribution in [1.82, 2.24) is 9.78 Å². The van der Waals surface area contributed by atoms with Gasteiger partial charge in [-0.1, -0.05) is 41.9 Å². The number of methoxy groups -OCH3 is 1. The van der Waals surface area contributed by atoms with Crippen molar-refractivity contribution in [1.29, 1.82) is 0 Å². The number of aromatic nitrogens is 2. The molecule has 0 saturated heterocycles. The number of esters is 1. The lowest BCUT2D eigenvalue weighted by atomic mass is 10.1. The van der Waals surface area contributed by atoms with E-state index >= 15 is 0 Å². The van der Waals surface area contributed by atoms with Gasteiger partial charge in [0.25, 0.3) is 0 Å². The predicted molar refractivity (Wildman–Crippen MR) is 100 cm³/mol. The van der Waals surface area contributed by atoms with Crippen molar-refractivity contribution in [3.05, 3.63) is 71.4 Å². The van der Waals surface area contributed by atoms with Crippen LogP contribution in [0.3, 0.4) is 0 Å². The first-order valence-corrected chi connectivity index (χ1v) is 8.63. The lowest BCUT2D eigenvalue weighted by molar-refractivity contribution is -0.149. The van der Waals surface area contributed by atoms with Gasteiger partial charge < -0.3 is 9.47 Å². The Bertz CT molecular complexity index is 893. The molecule has 0 fully saturated rings. The highest BCUT2D eigenvalue weighted by Gasteiger charge is 2.25. The Morgan fingerprint density at radius 3 is 2.62 bits per heavy atom. The van der Waals surface area contributed by atoms with E-state index in [0.29, 0.717) is 16.3 Å². The van der Waals surface area contributed by atoms with Gasteiger partial charge in [-0.2, -0.15) is 5.10 Å². The Morgan fingerprint density at radius 2 is 1.96 bits per heavy atom. The van der Waals surface area contributed by atoms with E-state index < -0.39 is 12.1 Å². The summed E-state index contributed by atoms with van der Waals surface area (Å²) in [5, 5.41) is 5.07. The molecule has 26 heavy (non-hydrogen) atoms. The minimum Gasteiger partial charge on any atom is -0.473 e. The third-order valence-corrected chi connectivity index (χ3v) is 4.18. The van der Waals surface area contributed by atoms with Crippen molar-refractivity contribution < 1.29 is 14.3 Å². The molecular formula is C20H19ClN2O3. The summed E-state index contributed by atoms with van der Waals surface area (Å²) in [5.41, 5.74) is 2.15. The Labute approximate surface area is 157 Å². The van der Waals surface area contributed by atoms with E-state index in [1.807, 2.05) is 54.2 Å². The zero-order chi connectivity index (χ0) is 18.5. The molecule has 0 aliphatic carbocycles. The van der Waals surface area contributed by atoms with Crippen LogP contribution >= 0.6 is 11.6 Å². The molecule has 0 aliphatic rings. The van der Waals surface area contributed by atoms with Gasteiger partial charge in [-0.15, -0.1) is 0 Å². The highest BCUT2D eigenvalue weighted by Crippen LogP contribution is 2.35. The van der Waals surface area contributed by atoms with Crippen LogP contribution in [0.25, 0.3) is 11.3 Å². The fraction of sp³-hybridized carbons (Fsp3) is 0.200. The Kier molecular flexibility index (Phi) is 5.58. The van der Waals surface area contributed by atoms with Gasteiger partial charge in [-0.3, -0.25) is 4.68 Å². The lowest BCUT2D eigenvalue weighted by Crippen LogP contribution is -2.20. The maximum absolute atomic E-state index is 12.3. The normalized spacial score (nSPS) is 11.8. The molecule has 0 aliphatic heterocycles. The maximum Gasteiger partial charge on any atom is 0.351 e. The van der Waals surface area contributed by atoms with Gasteiger partial charge in [-0.05, 0) is 31.2 Å². The standard InChI is InChI=1S/C20H19ClN2O3/c1-3-23-12-11-17(22-23)16-13-15(21)9-10-18(16)26-19(20(24)25-2)14-7-5-4-6-8-14/h4-13,19H,3H2,1-2H3. The van der Waals surface area contributed by atoms with Crippen molar-refractivity contribution in [2.45, 2.75) is 19.6 Å². The second-order valence-corrected chi connectivity index (χ2v) is 6.07. The van der Waals surface area contributed by atoms with E-state index in [9.17, 15) is 4.79 Å². The largest absolute Gasteiger partial charge is 0.473 e. The Hall–Kier alpha value is -2.79. The summed E-state index contributed by atoms with van der Waals surface area (Å²) >= 11 is 6.17. The summed E-state index contributed by atoms with van der Waals surface area (Å²) in [4.78, 5) is 12.3. The van der Waals surface area contributed by atoms with Crippen molar-refractivity contribution in [2.75, 3.05) is 7.11 Å². The van der Waals surface area contributed by atoms with Gasteiger partial charge in [0, 0.05) is 28.9 Å². The van der Waals surface area contributed by atoms with Crippen LogP contribution in [-0.4, -0.2) is 22.9 Å². The van der Waals surface area contributed by atoms with Crippen molar-refractivity contribution in [3.8, 4) is 17.0 Å². The van der Waals surface area contributed by atoms with Crippen molar-refractivity contribution in [2.24, 2.45) is 0 Å². The number of ether oxygens (including phenoxy) is 2. The summed E-state index contributed by atoms with van der Waals surface area (Å²) in [6, 6.07) is 16.3. The molecule has 5 nitrogen and oxygen atoms in total. The molecule has 0 saturated carbocycles. The summed E-state index contributed by atoms with van der Waals surface area (Å²) in [6.07, 6.45) is 1.00. The first kappa shape index (κ1) is 18.0. The van der Waals surface area contributed by atoms with Crippen LogP contribution in [0, 0.1) is 0 Å². The number of halogens is 1. The van der Waals surface area contributed by atoms with Crippen LogP contribution in [0.5, 0.6) is 5.75 Å². The third-order valence-electron chi connectivity index (χ3n) is 3.94. The Morgan fingerprint density at radius 1 is 1.19 bits per heavy atom. The topological polar surface area (TPSA) is 53.4 Å². The van der Waals surface area contributed by atoms with Crippen LogP contribution in [0.2, 0.25) is 5.02 Å². The third kappa shape index (κ3) is 3.89. The van der Waals surface area contributed by atoms with E-state index in [2.05, 4.69) is 5.10 Å². The van der Waals surface area contributed by atoms with Gasteiger partial charge in [0.1, 0.15) is 5.75 Å². The molecule has 0 amide bonds. The minimum absolute atomic E-state index is 0.476. The van der Waals surface area contributed by atoms with Gasteiger partial charge >= 0.3 is 5.97 Å². The number of carbonyl (C=O) groups excluding carboxylic acids is 1. The summed E-state index contributed by atoms with van der Waals surface area (Å²) in [7, 11) is 1.34. The smallest absolute Gasteiger partial charge is 0.351 e. The molecule has 1 unspecified atom stereocenters. The number of rotatable bonds is 6. The van der Waals surface area contributed by atoms with E-state index in [0.717, 1.165) is 17.8 Å². The fourth-order valence-corrected chi connectivity index (χ4v) is 2.77. The number of nitrogens with zero attached hydrogens (tertiary/aromatic N) is 2. The van der Waals surface area contributed by atoms with Gasteiger partial charge in [0.15, 0.2) is 0 Å². The summed E-state index contributed by atoms with van der Waals surface area (Å²) < 4.78 is 12.8. The molecule has 1 atom stereocenters. The maximum atomic E-state index is 12.3. The molecule has 3 aromatic rings. The molecular weight excluding hydrogens is 352 g/mol. The van der Waals surface area contributed by atoms with Gasteiger partial charge in [0.2, 0.25) is 6.10 Å². The van der Waals surface area contributed by atoms with Crippen LogP contribution in [0.15, 0.2) is 60.8 Å². The summed E-state index contributed by atoms with van der Waals surface area (Å²) in [6.45, 7) is 2.76. The quantitative estimate of drug-likeness (QED) is 0.599. The van der Waals surface area contributed by atoms with Crippen LogP contribution in [0.1, 0.15) is 18.6 Å². The number of hydrogen-bond acceptors (Lipinski definition) is 4. The molecule has 1 heterocycles. The molecule has 0 N–H and O–H groups in total. The Balaban J connectivity index is 2.01. The monoisotopic (exact) mass is 370 g/mol. The zero-order valence-electron chi connectivity index (χ0n) is 14.6. The van der Waals surface area contributed by atoms with Crippen molar-refractivity contribution in [3.63, 3.8) is 0 Å². The summed E-state index contributed by atoms with van der Waals surface area (Å²) in [5.74, 6) is 0.0335. The van der Waals surface area contributed by atoms with E-state index in [1.165, 1.54) is 7.11 Å². The number of benzene rings is 2. The number of carbonyl (C=O) groups is 1. The number of hydrogen-bond donors (Lipinski definition) is 0. The average molecular weight is 371 g/mol. The molecule has 0 bridgehead atoms. The van der Waals surface area contributed by atoms with E-state index in [-0.39, 0.29) is 0 Å². The van der Waals surface area contributed by atoms with Gasteiger partial charge in [-0.25, -0.2) is 4.79 Å².